The molecule has 2 saturated heterocycles. The average molecular weight is 615 g/mol. The Bertz CT molecular complexity index is 1370. The van der Waals surface area contributed by atoms with Gasteiger partial charge in [-0.1, -0.05) is 63.5 Å². The summed E-state index contributed by atoms with van der Waals surface area (Å²) in [6.45, 7) is 7.25. The molecule has 45 heavy (non-hydrogen) atoms. The summed E-state index contributed by atoms with van der Waals surface area (Å²) in [7, 11) is 0. The number of hydrogen-bond donors (Lipinski definition) is 2. The third-order valence-corrected chi connectivity index (χ3v) is 9.71. The van der Waals surface area contributed by atoms with Crippen LogP contribution in [-0.2, 0) is 19.1 Å². The van der Waals surface area contributed by atoms with E-state index in [2.05, 4.69) is 29.4 Å². The molecule has 0 radical (unpaired) electrons. The molecule has 3 fully saturated rings. The molecule has 1 saturated carbocycles. The summed E-state index contributed by atoms with van der Waals surface area (Å²) in [5.74, 6) is -0.752. The zero-order chi connectivity index (χ0) is 31.4. The van der Waals surface area contributed by atoms with Gasteiger partial charge in [-0.15, -0.1) is 0 Å². The number of nitrogens with one attached hydrogen (secondary N) is 2. The maximum Gasteiger partial charge on any atom is 0.246 e. The molecule has 3 heterocycles. The zero-order valence-electron chi connectivity index (χ0n) is 26.5. The number of fused-ring (bicyclic) bond motifs is 1. The summed E-state index contributed by atoms with van der Waals surface area (Å²) >= 11 is 0. The average Bonchev–Trinajstić information content (AvgIpc) is 3.69. The Morgan fingerprint density at radius 3 is 2.31 bits per heavy atom. The van der Waals surface area contributed by atoms with Crippen LogP contribution in [0.15, 0.2) is 66.7 Å². The maximum absolute atomic E-state index is 14.3. The smallest absolute Gasteiger partial charge is 0.246 e. The molecule has 0 aromatic heterocycles. The van der Waals surface area contributed by atoms with Gasteiger partial charge in [0.05, 0.1) is 17.9 Å². The zero-order valence-corrected chi connectivity index (χ0v) is 26.5. The fraction of sp³-hybridized carbons (Fsp3) is 0.528. The highest BCUT2D eigenvalue weighted by atomic mass is 16.5. The highest BCUT2D eigenvalue weighted by Crippen LogP contribution is 2.55. The number of likely N-dealkylation sites (tertiary alicyclic amines) is 1. The molecule has 2 aromatic rings. The van der Waals surface area contributed by atoms with Crippen molar-refractivity contribution < 1.29 is 23.9 Å². The van der Waals surface area contributed by atoms with Crippen molar-refractivity contribution in [3.8, 4) is 11.5 Å². The molecule has 3 amide bonds. The van der Waals surface area contributed by atoms with Crippen molar-refractivity contribution >= 4 is 23.4 Å². The minimum atomic E-state index is -1.16. The topological polar surface area (TPSA) is 100 Å². The number of amides is 3. The lowest BCUT2D eigenvalue weighted by Crippen LogP contribution is -2.57. The monoisotopic (exact) mass is 614 g/mol. The SMILES string of the molecule is CCCN(CCC)CCN1C(=O)C2C(C(=O)Nc3ccc(Oc4ccccc4)cc3)C3C=CC2(O3)C1C(=O)NC1CCCCC1. The van der Waals surface area contributed by atoms with E-state index in [0.717, 1.165) is 57.4 Å². The van der Waals surface area contributed by atoms with Crippen molar-refractivity contribution in [2.75, 3.05) is 31.5 Å². The van der Waals surface area contributed by atoms with Crippen LogP contribution in [0.2, 0.25) is 0 Å². The molecule has 5 unspecified atom stereocenters. The summed E-state index contributed by atoms with van der Waals surface area (Å²) < 4.78 is 12.4. The van der Waals surface area contributed by atoms with Crippen LogP contribution in [0.5, 0.6) is 11.5 Å². The summed E-state index contributed by atoms with van der Waals surface area (Å²) in [5.41, 5.74) is -0.555. The van der Waals surface area contributed by atoms with E-state index < -0.39 is 29.6 Å². The van der Waals surface area contributed by atoms with Crippen molar-refractivity contribution in [3.63, 3.8) is 0 Å². The lowest BCUT2D eigenvalue weighted by molar-refractivity contribution is -0.141. The van der Waals surface area contributed by atoms with Gasteiger partial charge in [0.25, 0.3) is 0 Å². The first-order valence-electron chi connectivity index (χ1n) is 16.8. The third-order valence-electron chi connectivity index (χ3n) is 9.71. The Morgan fingerprint density at radius 1 is 0.933 bits per heavy atom. The second kappa shape index (κ2) is 13.7. The Labute approximate surface area is 266 Å². The number of nitrogens with zero attached hydrogens (tertiary/aromatic N) is 2. The van der Waals surface area contributed by atoms with Crippen LogP contribution in [0.4, 0.5) is 5.69 Å². The molecule has 1 aliphatic carbocycles. The lowest BCUT2D eigenvalue weighted by atomic mass is 9.74. The number of carbonyl (C=O) groups is 3. The van der Waals surface area contributed by atoms with Gasteiger partial charge in [-0.25, -0.2) is 0 Å². The van der Waals surface area contributed by atoms with Crippen LogP contribution < -0.4 is 15.4 Å². The lowest BCUT2D eigenvalue weighted by Gasteiger charge is -2.35. The molecule has 2 N–H and O–H groups in total. The highest BCUT2D eigenvalue weighted by molar-refractivity contribution is 6.02. The molecule has 6 rings (SSSR count). The Balaban J connectivity index is 1.21. The first-order chi connectivity index (χ1) is 21.9. The van der Waals surface area contributed by atoms with Crippen molar-refractivity contribution in [1.29, 1.82) is 0 Å². The fourth-order valence-corrected chi connectivity index (χ4v) is 7.71. The van der Waals surface area contributed by atoms with Gasteiger partial charge >= 0.3 is 0 Å². The molecular weight excluding hydrogens is 568 g/mol. The number of benzene rings is 2. The first-order valence-corrected chi connectivity index (χ1v) is 16.8. The first kappa shape index (κ1) is 31.3. The van der Waals surface area contributed by atoms with E-state index in [-0.39, 0.29) is 23.8 Å². The van der Waals surface area contributed by atoms with Crippen LogP contribution in [0.25, 0.3) is 0 Å². The predicted molar refractivity (Wildman–Crippen MR) is 173 cm³/mol. The second-order valence-electron chi connectivity index (χ2n) is 12.8. The fourth-order valence-electron chi connectivity index (χ4n) is 7.71. The van der Waals surface area contributed by atoms with Gasteiger partial charge in [-0.2, -0.15) is 0 Å². The number of hydrogen-bond acceptors (Lipinski definition) is 6. The summed E-state index contributed by atoms with van der Waals surface area (Å²) in [4.78, 5) is 46.3. The van der Waals surface area contributed by atoms with Crippen molar-refractivity contribution in [2.24, 2.45) is 11.8 Å². The van der Waals surface area contributed by atoms with Gasteiger partial charge in [-0.3, -0.25) is 14.4 Å². The Morgan fingerprint density at radius 2 is 1.62 bits per heavy atom. The van der Waals surface area contributed by atoms with E-state index in [9.17, 15) is 14.4 Å². The highest BCUT2D eigenvalue weighted by Gasteiger charge is 2.72. The van der Waals surface area contributed by atoms with E-state index in [1.54, 1.807) is 29.2 Å². The van der Waals surface area contributed by atoms with Gasteiger partial charge in [0.15, 0.2) is 0 Å². The molecule has 240 valence electrons. The van der Waals surface area contributed by atoms with Gasteiger partial charge in [0, 0.05) is 24.8 Å². The van der Waals surface area contributed by atoms with Gasteiger partial charge < -0.3 is 29.9 Å². The van der Waals surface area contributed by atoms with E-state index in [4.69, 9.17) is 9.47 Å². The van der Waals surface area contributed by atoms with Crippen LogP contribution in [-0.4, -0.2) is 77.5 Å². The van der Waals surface area contributed by atoms with Crippen molar-refractivity contribution in [2.45, 2.75) is 82.6 Å². The largest absolute Gasteiger partial charge is 0.457 e. The number of ether oxygens (including phenoxy) is 2. The Hall–Kier alpha value is -3.69. The van der Waals surface area contributed by atoms with E-state index in [1.807, 2.05) is 42.5 Å². The van der Waals surface area contributed by atoms with Crippen molar-refractivity contribution in [3.05, 3.63) is 66.7 Å². The van der Waals surface area contributed by atoms with E-state index in [0.29, 0.717) is 24.5 Å². The summed E-state index contributed by atoms with van der Waals surface area (Å²) in [6.07, 6.45) is 10.5. The van der Waals surface area contributed by atoms with E-state index >= 15 is 0 Å². The molecule has 9 nitrogen and oxygen atoms in total. The van der Waals surface area contributed by atoms with E-state index in [1.165, 1.54) is 6.42 Å². The number of carbonyl (C=O) groups excluding carboxylic acids is 3. The quantitative estimate of drug-likeness (QED) is 0.303. The summed E-state index contributed by atoms with van der Waals surface area (Å²) in [5, 5.41) is 6.28. The van der Waals surface area contributed by atoms with Crippen LogP contribution in [0.3, 0.4) is 0 Å². The Kier molecular flexibility index (Phi) is 9.56. The third kappa shape index (κ3) is 6.38. The molecule has 1 spiro atoms. The minimum absolute atomic E-state index is 0.103. The predicted octanol–water partition coefficient (Wildman–Crippen LogP) is 5.14. The van der Waals surface area contributed by atoms with Crippen LogP contribution >= 0.6 is 0 Å². The van der Waals surface area contributed by atoms with Crippen LogP contribution in [0.1, 0.15) is 58.8 Å². The molecule has 4 aliphatic rings. The normalized spacial score (nSPS) is 27.2. The number of rotatable bonds is 13. The standard InChI is InChI=1S/C36H46N4O5/c1-3-21-39(22-4-2)23-24-40-32(34(42)38-25-11-7-5-8-12-25)36-20-19-29(45-36)30(31(36)35(40)43)33(41)37-26-15-17-28(18-16-26)44-27-13-9-6-10-14-27/h6,9-10,13-20,25,29-32H,3-5,7-8,11-12,21-24H2,1-2H3,(H,37,41)(H,38,42). The second-order valence-corrected chi connectivity index (χ2v) is 12.8. The molecule has 9 heteroatoms. The van der Waals surface area contributed by atoms with Gasteiger partial charge in [0.2, 0.25) is 17.7 Å². The van der Waals surface area contributed by atoms with Crippen LogP contribution in [0, 0.1) is 11.8 Å². The number of anilines is 1. The molecule has 2 aromatic carbocycles. The molecule has 5 atom stereocenters. The maximum atomic E-state index is 14.3. The molecular formula is C36H46N4O5. The minimum Gasteiger partial charge on any atom is -0.457 e. The number of para-hydroxylation sites is 1. The van der Waals surface area contributed by atoms with Gasteiger partial charge in [0.1, 0.15) is 23.1 Å². The van der Waals surface area contributed by atoms with Crippen molar-refractivity contribution in [1.82, 2.24) is 15.1 Å². The summed E-state index contributed by atoms with van der Waals surface area (Å²) in [6, 6.07) is 16.0. The molecule has 2 bridgehead atoms. The van der Waals surface area contributed by atoms with Gasteiger partial charge in [-0.05, 0) is 75.2 Å². The molecule has 3 aliphatic heterocycles.